The number of carbonyl (C=O) groups is 2. The molecule has 0 bridgehead atoms. The van der Waals surface area contributed by atoms with Gasteiger partial charge in [-0.2, -0.15) is 4.98 Å². The van der Waals surface area contributed by atoms with Gasteiger partial charge in [-0.1, -0.05) is 24.3 Å². The summed E-state index contributed by atoms with van der Waals surface area (Å²) < 4.78 is 5.83. The number of hydrogen-bond acceptors (Lipinski definition) is 7. The van der Waals surface area contributed by atoms with Gasteiger partial charge in [0, 0.05) is 30.9 Å². The molecule has 0 saturated carbocycles. The molecule has 35 heavy (non-hydrogen) atoms. The zero-order valence-corrected chi connectivity index (χ0v) is 18.8. The Balaban J connectivity index is 1.57. The summed E-state index contributed by atoms with van der Waals surface area (Å²) in [7, 11) is 1.81. The van der Waals surface area contributed by atoms with Crippen molar-refractivity contribution in [3.8, 4) is 22.9 Å². The SMILES string of the molecule is CNc1ncccc1-c1ccc(Oc2nccc(C(CC(=O)O)c3ccc(C(=O)O)cc3)n2)cc1. The standard InChI is InChI=1S/C26H22N4O5/c1-27-24-20(3-2-13-28-24)16-8-10-19(11-9-16)35-26-29-14-12-22(30-26)21(15-23(31)32)17-4-6-18(7-5-17)25(33)34/h2-14,21H,15H2,1H3,(H,27,28)(H,31,32)(H,33,34). The van der Waals surface area contributed by atoms with Gasteiger partial charge in [-0.05, 0) is 53.6 Å². The molecule has 176 valence electrons. The van der Waals surface area contributed by atoms with Crippen molar-refractivity contribution < 1.29 is 24.5 Å². The minimum Gasteiger partial charge on any atom is -0.481 e. The number of aliphatic carboxylic acids is 1. The van der Waals surface area contributed by atoms with Gasteiger partial charge in [-0.3, -0.25) is 4.79 Å². The zero-order chi connectivity index (χ0) is 24.8. The van der Waals surface area contributed by atoms with E-state index < -0.39 is 17.9 Å². The van der Waals surface area contributed by atoms with Gasteiger partial charge in [0.2, 0.25) is 0 Å². The molecule has 9 nitrogen and oxygen atoms in total. The fourth-order valence-corrected chi connectivity index (χ4v) is 3.67. The third-order valence-electron chi connectivity index (χ3n) is 5.37. The second kappa shape index (κ2) is 10.4. The molecule has 9 heteroatoms. The molecule has 0 aliphatic rings. The first-order chi connectivity index (χ1) is 16.9. The molecule has 2 heterocycles. The Morgan fingerprint density at radius 3 is 2.34 bits per heavy atom. The van der Waals surface area contributed by atoms with Gasteiger partial charge in [-0.25, -0.2) is 14.8 Å². The molecule has 2 aromatic heterocycles. The number of anilines is 1. The largest absolute Gasteiger partial charge is 0.481 e. The first kappa shape index (κ1) is 23.4. The molecular formula is C26H22N4O5. The van der Waals surface area contributed by atoms with E-state index in [0.717, 1.165) is 16.9 Å². The van der Waals surface area contributed by atoms with Gasteiger partial charge < -0.3 is 20.3 Å². The average molecular weight is 470 g/mol. The lowest BCUT2D eigenvalue weighted by atomic mass is 9.91. The lowest BCUT2D eigenvalue weighted by molar-refractivity contribution is -0.137. The Bertz CT molecular complexity index is 1340. The van der Waals surface area contributed by atoms with Gasteiger partial charge in [0.1, 0.15) is 11.6 Å². The lowest BCUT2D eigenvalue weighted by Crippen LogP contribution is -2.11. The van der Waals surface area contributed by atoms with Crippen molar-refractivity contribution in [2.24, 2.45) is 0 Å². The smallest absolute Gasteiger partial charge is 0.335 e. The fourth-order valence-electron chi connectivity index (χ4n) is 3.67. The van der Waals surface area contributed by atoms with Crippen molar-refractivity contribution in [3.05, 3.63) is 95.9 Å². The number of benzene rings is 2. The third-order valence-corrected chi connectivity index (χ3v) is 5.37. The average Bonchev–Trinajstić information content (AvgIpc) is 2.88. The molecule has 0 saturated heterocycles. The van der Waals surface area contributed by atoms with Gasteiger partial charge in [0.25, 0.3) is 0 Å². The summed E-state index contributed by atoms with van der Waals surface area (Å²) in [5, 5.41) is 21.6. The summed E-state index contributed by atoms with van der Waals surface area (Å²) in [5.41, 5.74) is 3.10. The van der Waals surface area contributed by atoms with Crippen molar-refractivity contribution in [1.29, 1.82) is 0 Å². The normalized spacial score (nSPS) is 11.5. The summed E-state index contributed by atoms with van der Waals surface area (Å²) >= 11 is 0. The van der Waals surface area contributed by atoms with Crippen LogP contribution in [0.1, 0.15) is 34.0 Å². The molecule has 4 aromatic rings. The summed E-state index contributed by atoms with van der Waals surface area (Å²) in [6.07, 6.45) is 2.99. The highest BCUT2D eigenvalue weighted by atomic mass is 16.5. The Morgan fingerprint density at radius 2 is 1.69 bits per heavy atom. The van der Waals surface area contributed by atoms with Crippen molar-refractivity contribution >= 4 is 17.8 Å². The van der Waals surface area contributed by atoms with Gasteiger partial charge in [0.05, 0.1) is 17.7 Å². The topological polar surface area (TPSA) is 135 Å². The van der Waals surface area contributed by atoms with Crippen LogP contribution < -0.4 is 10.1 Å². The predicted molar refractivity (Wildman–Crippen MR) is 129 cm³/mol. The number of carboxylic acids is 2. The summed E-state index contributed by atoms with van der Waals surface area (Å²) in [6, 6.07) is 19.0. The predicted octanol–water partition coefficient (Wildman–Crippen LogP) is 4.68. The van der Waals surface area contributed by atoms with Gasteiger partial charge in [0.15, 0.2) is 0 Å². The highest BCUT2D eigenvalue weighted by Gasteiger charge is 2.21. The molecule has 3 N–H and O–H groups in total. The van der Waals surface area contributed by atoms with Crippen LogP contribution in [0.4, 0.5) is 5.82 Å². The van der Waals surface area contributed by atoms with Crippen molar-refractivity contribution in [2.75, 3.05) is 12.4 Å². The van der Waals surface area contributed by atoms with Crippen LogP contribution in [0.3, 0.4) is 0 Å². The summed E-state index contributed by atoms with van der Waals surface area (Å²) in [5.74, 6) is -1.39. The van der Waals surface area contributed by atoms with Crippen LogP contribution >= 0.6 is 0 Å². The van der Waals surface area contributed by atoms with E-state index in [9.17, 15) is 14.7 Å². The maximum atomic E-state index is 11.5. The molecule has 1 unspecified atom stereocenters. The van der Waals surface area contributed by atoms with E-state index in [1.807, 2.05) is 31.3 Å². The minimum atomic E-state index is -1.05. The molecular weight excluding hydrogens is 448 g/mol. The number of aromatic carboxylic acids is 1. The molecule has 0 amide bonds. The van der Waals surface area contributed by atoms with Crippen LogP contribution in [0, 0.1) is 0 Å². The number of nitrogens with zero attached hydrogens (tertiary/aromatic N) is 3. The summed E-state index contributed by atoms with van der Waals surface area (Å²) in [6.45, 7) is 0. The second-order valence-electron chi connectivity index (χ2n) is 7.62. The van der Waals surface area contributed by atoms with Crippen LogP contribution in [-0.2, 0) is 4.79 Å². The van der Waals surface area contributed by atoms with E-state index in [-0.39, 0.29) is 18.0 Å². The van der Waals surface area contributed by atoms with E-state index >= 15 is 0 Å². The first-order valence-corrected chi connectivity index (χ1v) is 10.7. The molecule has 0 aliphatic carbocycles. The van der Waals surface area contributed by atoms with E-state index in [0.29, 0.717) is 17.0 Å². The van der Waals surface area contributed by atoms with E-state index in [1.165, 1.54) is 18.3 Å². The molecule has 2 aromatic carbocycles. The maximum Gasteiger partial charge on any atom is 0.335 e. The Morgan fingerprint density at radius 1 is 0.943 bits per heavy atom. The highest BCUT2D eigenvalue weighted by Crippen LogP contribution is 2.30. The molecule has 0 aliphatic heterocycles. The first-order valence-electron chi connectivity index (χ1n) is 10.7. The number of hydrogen-bond donors (Lipinski definition) is 3. The monoisotopic (exact) mass is 470 g/mol. The highest BCUT2D eigenvalue weighted by molar-refractivity contribution is 5.87. The Kier molecular flexibility index (Phi) is 6.96. The number of pyridine rings is 1. The summed E-state index contributed by atoms with van der Waals surface area (Å²) in [4.78, 5) is 35.6. The second-order valence-corrected chi connectivity index (χ2v) is 7.62. The zero-order valence-electron chi connectivity index (χ0n) is 18.8. The number of ether oxygens (including phenoxy) is 1. The van der Waals surface area contributed by atoms with Gasteiger partial charge in [-0.15, -0.1) is 0 Å². The van der Waals surface area contributed by atoms with Crippen LogP contribution in [0.2, 0.25) is 0 Å². The van der Waals surface area contributed by atoms with Gasteiger partial charge >= 0.3 is 17.9 Å². The van der Waals surface area contributed by atoms with Crippen molar-refractivity contribution in [2.45, 2.75) is 12.3 Å². The molecule has 0 fully saturated rings. The molecule has 1 atom stereocenters. The van der Waals surface area contributed by atoms with Crippen LogP contribution in [-0.4, -0.2) is 44.2 Å². The van der Waals surface area contributed by atoms with Crippen LogP contribution in [0.15, 0.2) is 79.1 Å². The molecule has 4 rings (SSSR count). The third kappa shape index (κ3) is 5.59. The maximum absolute atomic E-state index is 11.5. The van der Waals surface area contributed by atoms with Crippen LogP contribution in [0.5, 0.6) is 11.8 Å². The van der Waals surface area contributed by atoms with Crippen LogP contribution in [0.25, 0.3) is 11.1 Å². The quantitative estimate of drug-likeness (QED) is 0.319. The van der Waals surface area contributed by atoms with E-state index in [1.54, 1.807) is 36.5 Å². The molecule has 0 spiro atoms. The number of nitrogens with one attached hydrogen (secondary N) is 1. The fraction of sp³-hybridized carbons (Fsp3) is 0.115. The minimum absolute atomic E-state index is 0.0742. The lowest BCUT2D eigenvalue weighted by Gasteiger charge is -2.16. The Hall–Kier alpha value is -4.79. The molecule has 0 radical (unpaired) electrons. The van der Waals surface area contributed by atoms with E-state index in [2.05, 4.69) is 20.3 Å². The van der Waals surface area contributed by atoms with Crippen molar-refractivity contribution in [3.63, 3.8) is 0 Å². The van der Waals surface area contributed by atoms with Crippen molar-refractivity contribution in [1.82, 2.24) is 15.0 Å². The Labute approximate surface area is 201 Å². The number of rotatable bonds is 9. The van der Waals surface area contributed by atoms with E-state index in [4.69, 9.17) is 9.84 Å². The number of carboxylic acid groups (broad SMARTS) is 2. The number of aromatic nitrogens is 3.